The molecule has 6 rings (SSSR count). The lowest BCUT2D eigenvalue weighted by atomic mass is 10.0. The summed E-state index contributed by atoms with van der Waals surface area (Å²) < 4.78 is 52.3. The molecular weight excluding hydrogens is 463 g/mol. The van der Waals surface area contributed by atoms with Gasteiger partial charge in [0, 0.05) is 29.3 Å². The Bertz CT molecular complexity index is 1330. The molecule has 35 heavy (non-hydrogen) atoms. The molecule has 1 N–H and O–H groups in total. The van der Waals surface area contributed by atoms with Crippen LogP contribution in [-0.2, 0) is 28.7 Å². The third-order valence-corrected chi connectivity index (χ3v) is 6.74. The van der Waals surface area contributed by atoms with Gasteiger partial charge >= 0.3 is 6.18 Å². The molecule has 3 aliphatic rings. The van der Waals surface area contributed by atoms with Gasteiger partial charge in [-0.25, -0.2) is 15.0 Å². The molecule has 182 valence electrons. The Balaban J connectivity index is 1.44. The number of nitrogens with one attached hydrogen (secondary N) is 1. The summed E-state index contributed by atoms with van der Waals surface area (Å²) in [5.41, 5.74) is -0.0868. The Hall–Kier alpha value is -3.47. The van der Waals surface area contributed by atoms with E-state index in [0.29, 0.717) is 53.5 Å². The Kier molecular flexibility index (Phi) is 5.06. The summed E-state index contributed by atoms with van der Waals surface area (Å²) in [5, 5.41) is 3.83. The fourth-order valence-electron chi connectivity index (χ4n) is 4.60. The van der Waals surface area contributed by atoms with E-state index in [1.807, 2.05) is 0 Å². The Morgan fingerprint density at radius 3 is 2.80 bits per heavy atom. The maximum atomic E-state index is 13.8. The summed E-state index contributed by atoms with van der Waals surface area (Å²) in [6.07, 6.45) is -0.772. The second kappa shape index (κ2) is 8.04. The van der Waals surface area contributed by atoms with E-state index in [0.717, 1.165) is 18.9 Å². The van der Waals surface area contributed by atoms with Crippen molar-refractivity contribution in [3.63, 3.8) is 0 Å². The summed E-state index contributed by atoms with van der Waals surface area (Å²) in [7, 11) is 0. The molecule has 2 aromatic heterocycles. The molecule has 0 radical (unpaired) electrons. The summed E-state index contributed by atoms with van der Waals surface area (Å²) in [6, 6.07) is 5.79. The second-order valence-electron chi connectivity index (χ2n) is 9.26. The number of halogens is 3. The highest BCUT2D eigenvalue weighted by molar-refractivity contribution is 5.97. The number of alkyl halides is 3. The lowest BCUT2D eigenvalue weighted by molar-refractivity contribution is -0.139. The Morgan fingerprint density at radius 2 is 2.03 bits per heavy atom. The quantitative estimate of drug-likeness (QED) is 0.562. The minimum atomic E-state index is -4.53. The van der Waals surface area contributed by atoms with Gasteiger partial charge in [0.25, 0.3) is 5.91 Å². The van der Waals surface area contributed by atoms with Crippen LogP contribution in [0.4, 0.5) is 24.8 Å². The molecule has 4 heterocycles. The third-order valence-electron chi connectivity index (χ3n) is 6.74. The van der Waals surface area contributed by atoms with Gasteiger partial charge in [-0.2, -0.15) is 13.2 Å². The highest BCUT2D eigenvalue weighted by Crippen LogP contribution is 2.49. The average Bonchev–Trinajstić information content (AvgIpc) is 3.60. The molecule has 1 saturated heterocycles. The molecule has 1 saturated carbocycles. The minimum Gasteiger partial charge on any atom is -0.492 e. The Morgan fingerprint density at radius 1 is 1.17 bits per heavy atom. The number of fused-ring (bicyclic) bond motifs is 5. The maximum Gasteiger partial charge on any atom is 0.419 e. The lowest BCUT2D eigenvalue weighted by Crippen LogP contribution is -2.42. The van der Waals surface area contributed by atoms with Gasteiger partial charge in [-0.3, -0.25) is 9.69 Å². The highest BCUT2D eigenvalue weighted by atomic mass is 19.4. The van der Waals surface area contributed by atoms with Gasteiger partial charge in [0.15, 0.2) is 0 Å². The van der Waals surface area contributed by atoms with Crippen molar-refractivity contribution in [2.75, 3.05) is 36.6 Å². The first-order valence-corrected chi connectivity index (χ1v) is 11.4. The van der Waals surface area contributed by atoms with Crippen LogP contribution in [0.3, 0.4) is 0 Å². The normalized spacial score (nSPS) is 19.5. The van der Waals surface area contributed by atoms with Crippen molar-refractivity contribution in [3.05, 3.63) is 47.4 Å². The number of hydrogen-bond donors (Lipinski definition) is 1. The average molecular weight is 485 g/mol. The van der Waals surface area contributed by atoms with Gasteiger partial charge in [0.1, 0.15) is 29.8 Å². The number of carbonyl (C=O) groups is 1. The van der Waals surface area contributed by atoms with Crippen LogP contribution in [0.15, 0.2) is 30.5 Å². The lowest BCUT2D eigenvalue weighted by Gasteiger charge is -2.26. The number of pyridine rings is 1. The van der Waals surface area contributed by atoms with E-state index in [9.17, 15) is 18.0 Å². The summed E-state index contributed by atoms with van der Waals surface area (Å²) >= 11 is 0. The number of amides is 1. The molecule has 2 fully saturated rings. The number of benzene rings is 1. The number of nitrogens with zero attached hydrogens (tertiary/aromatic N) is 4. The molecule has 2 bridgehead atoms. The van der Waals surface area contributed by atoms with E-state index < -0.39 is 11.7 Å². The molecule has 8 nitrogen and oxygen atoms in total. The fourth-order valence-corrected chi connectivity index (χ4v) is 4.60. The van der Waals surface area contributed by atoms with E-state index in [1.54, 1.807) is 23.2 Å². The van der Waals surface area contributed by atoms with E-state index in [4.69, 9.17) is 14.5 Å². The zero-order valence-corrected chi connectivity index (χ0v) is 18.7. The first-order valence-electron chi connectivity index (χ1n) is 11.4. The van der Waals surface area contributed by atoms with Crippen LogP contribution in [0, 0.1) is 5.41 Å². The van der Waals surface area contributed by atoms with E-state index in [-0.39, 0.29) is 36.8 Å². The van der Waals surface area contributed by atoms with Crippen LogP contribution < -0.4 is 15.0 Å². The standard InChI is InChI=1S/C24H22F3N5O3/c25-24(26,27)16-3-1-2-14-10-29-22-15-8-19(32-6-7-34-12-20(32)33)28-11-17(15)30-18(31-22)9-23(4-5-23)13-35-21(14)16/h1-3,8,11H,4-7,9-10,12-13H2,(H,29,30,31). The van der Waals surface area contributed by atoms with Gasteiger partial charge in [0.05, 0.1) is 37.0 Å². The summed E-state index contributed by atoms with van der Waals surface area (Å²) in [4.78, 5) is 27.7. The molecule has 11 heteroatoms. The van der Waals surface area contributed by atoms with Crippen molar-refractivity contribution in [2.45, 2.75) is 32.0 Å². The number of rotatable bonds is 1. The van der Waals surface area contributed by atoms with Crippen LogP contribution in [-0.4, -0.2) is 47.2 Å². The molecule has 1 spiro atoms. The topological polar surface area (TPSA) is 89.5 Å². The highest BCUT2D eigenvalue weighted by Gasteiger charge is 2.45. The minimum absolute atomic E-state index is 0.0132. The number of aromatic nitrogens is 3. The monoisotopic (exact) mass is 485 g/mol. The predicted molar refractivity (Wildman–Crippen MR) is 120 cm³/mol. The van der Waals surface area contributed by atoms with Gasteiger partial charge in [-0.05, 0) is 25.0 Å². The third kappa shape index (κ3) is 4.13. The molecule has 3 aromatic rings. The predicted octanol–water partition coefficient (Wildman–Crippen LogP) is 3.73. The number of morpholine rings is 1. The number of carbonyl (C=O) groups excluding carboxylic acids is 1. The summed E-state index contributed by atoms with van der Waals surface area (Å²) in [5.74, 6) is 1.18. The van der Waals surface area contributed by atoms with Crippen molar-refractivity contribution in [3.8, 4) is 5.75 Å². The van der Waals surface area contributed by atoms with Gasteiger partial charge in [0.2, 0.25) is 0 Å². The molecule has 1 amide bonds. The first-order chi connectivity index (χ1) is 16.8. The van der Waals surface area contributed by atoms with Crippen molar-refractivity contribution >= 4 is 28.4 Å². The maximum absolute atomic E-state index is 13.8. The number of anilines is 2. The van der Waals surface area contributed by atoms with E-state index in [2.05, 4.69) is 15.3 Å². The largest absolute Gasteiger partial charge is 0.492 e. The second-order valence-corrected chi connectivity index (χ2v) is 9.26. The number of ether oxygens (including phenoxy) is 2. The molecular formula is C24H22F3N5O3. The van der Waals surface area contributed by atoms with Crippen LogP contribution in [0.1, 0.15) is 29.8 Å². The van der Waals surface area contributed by atoms with Crippen molar-refractivity contribution in [2.24, 2.45) is 5.41 Å². The van der Waals surface area contributed by atoms with Crippen LogP contribution in [0.2, 0.25) is 0 Å². The van der Waals surface area contributed by atoms with Crippen molar-refractivity contribution in [1.82, 2.24) is 15.0 Å². The van der Waals surface area contributed by atoms with Gasteiger partial charge in [-0.15, -0.1) is 0 Å². The summed E-state index contributed by atoms with van der Waals surface area (Å²) in [6.45, 7) is 1.02. The number of para-hydroxylation sites is 1. The van der Waals surface area contributed by atoms with E-state index >= 15 is 0 Å². The van der Waals surface area contributed by atoms with Gasteiger partial charge < -0.3 is 14.8 Å². The van der Waals surface area contributed by atoms with Crippen LogP contribution in [0.5, 0.6) is 5.75 Å². The van der Waals surface area contributed by atoms with Crippen molar-refractivity contribution < 1.29 is 27.4 Å². The SMILES string of the molecule is O=C1COCCN1c1cc2c3nc(nc2cn1)CC1(CC1)COc1c(cccc1C(F)(F)F)CN3. The molecule has 0 atom stereocenters. The molecule has 0 unspecified atom stereocenters. The van der Waals surface area contributed by atoms with E-state index in [1.165, 1.54) is 6.07 Å². The molecule has 1 aromatic carbocycles. The van der Waals surface area contributed by atoms with Crippen molar-refractivity contribution in [1.29, 1.82) is 0 Å². The van der Waals surface area contributed by atoms with Crippen LogP contribution >= 0.6 is 0 Å². The van der Waals surface area contributed by atoms with Crippen LogP contribution in [0.25, 0.3) is 10.9 Å². The zero-order valence-electron chi connectivity index (χ0n) is 18.7. The number of hydrogen-bond acceptors (Lipinski definition) is 7. The molecule has 2 aliphatic heterocycles. The fraction of sp³-hybridized carbons (Fsp3) is 0.417. The zero-order chi connectivity index (χ0) is 24.2. The Labute approximate surface area is 198 Å². The smallest absolute Gasteiger partial charge is 0.419 e. The van der Waals surface area contributed by atoms with Gasteiger partial charge in [-0.1, -0.05) is 12.1 Å². The molecule has 1 aliphatic carbocycles. The first kappa shape index (κ1) is 22.0.